The number of fused-ring (bicyclic) bond motifs is 2. The predicted molar refractivity (Wildman–Crippen MR) is 123 cm³/mol. The number of aromatic nitrogens is 1. The van der Waals surface area contributed by atoms with Gasteiger partial charge >= 0.3 is 0 Å². The molecule has 1 unspecified atom stereocenters. The van der Waals surface area contributed by atoms with Gasteiger partial charge in [0.2, 0.25) is 0 Å². The number of carbonyl (C=O) groups is 1. The maximum atomic E-state index is 13.8. The van der Waals surface area contributed by atoms with E-state index in [2.05, 4.69) is 20.9 Å². The quantitative estimate of drug-likeness (QED) is 0.434. The third kappa shape index (κ3) is 2.73. The molecule has 1 aliphatic heterocycles. The number of anilines is 1. The van der Waals surface area contributed by atoms with Crippen LogP contribution in [0.1, 0.15) is 27.9 Å². The molecule has 0 aliphatic carbocycles. The lowest BCUT2D eigenvalue weighted by Gasteiger charge is -2.24. The number of nitrogens with zero attached hydrogens (tertiary/aromatic N) is 1. The van der Waals surface area contributed by atoms with Gasteiger partial charge in [0.05, 0.1) is 12.2 Å². The highest BCUT2D eigenvalue weighted by Crippen LogP contribution is 2.48. The maximum absolute atomic E-state index is 13.8. The van der Waals surface area contributed by atoms with E-state index in [0.29, 0.717) is 17.7 Å². The Labute approximate surface area is 183 Å². The second kappa shape index (κ2) is 6.83. The Morgan fingerprint density at radius 3 is 2.53 bits per heavy atom. The molecule has 0 saturated heterocycles. The molecule has 5 heteroatoms. The van der Waals surface area contributed by atoms with Crippen LogP contribution < -0.4 is 4.90 Å². The maximum Gasteiger partial charge on any atom is 0.268 e. The molecule has 2 N–H and O–H groups in total. The molecular formula is C25H21BrN2O2. The first-order valence-electron chi connectivity index (χ1n) is 9.87. The average Bonchev–Trinajstić information content (AvgIpc) is 3.17. The number of aryl methyl sites for hydroxylation is 2. The van der Waals surface area contributed by atoms with Crippen LogP contribution in [-0.2, 0) is 16.9 Å². The van der Waals surface area contributed by atoms with Gasteiger partial charge in [-0.15, -0.1) is 0 Å². The fourth-order valence-electron chi connectivity index (χ4n) is 4.47. The second-order valence-corrected chi connectivity index (χ2v) is 8.84. The fraction of sp³-hybridized carbons (Fsp3) is 0.160. The van der Waals surface area contributed by atoms with Crippen LogP contribution in [-0.4, -0.2) is 16.0 Å². The number of hydrogen-bond donors (Lipinski definition) is 2. The smallest absolute Gasteiger partial charge is 0.268 e. The average molecular weight is 461 g/mol. The number of rotatable bonds is 3. The van der Waals surface area contributed by atoms with Gasteiger partial charge in [0.1, 0.15) is 0 Å². The number of aliphatic hydroxyl groups is 1. The molecule has 1 atom stereocenters. The van der Waals surface area contributed by atoms with Crippen molar-refractivity contribution in [1.29, 1.82) is 0 Å². The van der Waals surface area contributed by atoms with E-state index in [1.165, 1.54) is 5.56 Å². The molecule has 1 aliphatic rings. The number of aromatic amines is 1. The van der Waals surface area contributed by atoms with Crippen LogP contribution in [0.4, 0.5) is 5.69 Å². The van der Waals surface area contributed by atoms with Gasteiger partial charge in [-0.1, -0.05) is 64.0 Å². The highest BCUT2D eigenvalue weighted by molar-refractivity contribution is 9.10. The van der Waals surface area contributed by atoms with Crippen molar-refractivity contribution in [3.8, 4) is 0 Å². The zero-order valence-corrected chi connectivity index (χ0v) is 18.3. The highest BCUT2D eigenvalue weighted by Gasteiger charge is 2.53. The van der Waals surface area contributed by atoms with Crippen LogP contribution in [0.5, 0.6) is 0 Å². The van der Waals surface area contributed by atoms with Crippen molar-refractivity contribution in [2.24, 2.45) is 0 Å². The summed E-state index contributed by atoms with van der Waals surface area (Å²) in [6, 6.07) is 21.5. The van der Waals surface area contributed by atoms with E-state index in [9.17, 15) is 9.90 Å². The SMILES string of the molecule is Cc1ccc(CN2C(=O)C(O)(c3c(C)[nH]c4ccccc34)c3cc(Br)ccc32)cc1. The molecule has 4 nitrogen and oxygen atoms in total. The van der Waals surface area contributed by atoms with Crippen molar-refractivity contribution in [2.45, 2.75) is 26.0 Å². The van der Waals surface area contributed by atoms with Crippen LogP contribution in [0.25, 0.3) is 10.9 Å². The minimum Gasteiger partial charge on any atom is -0.372 e. The molecule has 0 saturated carbocycles. The van der Waals surface area contributed by atoms with Crippen LogP contribution in [0.2, 0.25) is 0 Å². The van der Waals surface area contributed by atoms with Crippen molar-refractivity contribution in [1.82, 2.24) is 4.98 Å². The third-order valence-electron chi connectivity index (χ3n) is 5.91. The summed E-state index contributed by atoms with van der Waals surface area (Å²) in [5.74, 6) is -0.330. The van der Waals surface area contributed by atoms with Gasteiger partial charge in [-0.25, -0.2) is 0 Å². The molecule has 4 aromatic rings. The number of nitrogens with one attached hydrogen (secondary N) is 1. The largest absolute Gasteiger partial charge is 0.372 e. The van der Waals surface area contributed by atoms with Crippen molar-refractivity contribution in [2.75, 3.05) is 4.90 Å². The molecule has 5 rings (SSSR count). The molecule has 150 valence electrons. The van der Waals surface area contributed by atoms with E-state index in [-0.39, 0.29) is 5.91 Å². The van der Waals surface area contributed by atoms with Crippen LogP contribution >= 0.6 is 15.9 Å². The first-order valence-corrected chi connectivity index (χ1v) is 10.7. The second-order valence-electron chi connectivity index (χ2n) is 7.92. The van der Waals surface area contributed by atoms with E-state index in [0.717, 1.165) is 32.3 Å². The first-order chi connectivity index (χ1) is 14.4. The summed E-state index contributed by atoms with van der Waals surface area (Å²) in [5.41, 5.74) is 4.07. The Morgan fingerprint density at radius 2 is 1.77 bits per heavy atom. The highest BCUT2D eigenvalue weighted by atomic mass is 79.9. The zero-order chi connectivity index (χ0) is 21.0. The number of amides is 1. The summed E-state index contributed by atoms with van der Waals surface area (Å²) >= 11 is 3.51. The van der Waals surface area contributed by atoms with Gasteiger partial charge in [-0.05, 0) is 43.7 Å². The van der Waals surface area contributed by atoms with Crippen LogP contribution in [0, 0.1) is 13.8 Å². The Bertz CT molecular complexity index is 1290. The van der Waals surface area contributed by atoms with Crippen molar-refractivity contribution in [3.63, 3.8) is 0 Å². The van der Waals surface area contributed by atoms with E-state index in [1.807, 2.05) is 80.6 Å². The van der Waals surface area contributed by atoms with Gasteiger partial charge in [-0.3, -0.25) is 4.79 Å². The van der Waals surface area contributed by atoms with Gasteiger partial charge in [0.15, 0.2) is 5.60 Å². The number of para-hydroxylation sites is 1. The number of H-pyrrole nitrogens is 1. The van der Waals surface area contributed by atoms with E-state index in [1.54, 1.807) is 4.90 Å². The summed E-state index contributed by atoms with van der Waals surface area (Å²) in [4.78, 5) is 18.8. The van der Waals surface area contributed by atoms with Gasteiger partial charge in [0.25, 0.3) is 5.91 Å². The molecular weight excluding hydrogens is 440 g/mol. The minimum absolute atomic E-state index is 0.330. The molecule has 0 spiro atoms. The standard InChI is InChI=1S/C25H21BrN2O2/c1-15-7-9-17(10-8-15)14-28-22-12-11-18(26)13-20(22)25(30,24(28)29)23-16(2)27-21-6-4-3-5-19(21)23/h3-13,27,30H,14H2,1-2H3. The molecule has 2 heterocycles. The summed E-state index contributed by atoms with van der Waals surface area (Å²) in [5, 5.41) is 12.9. The predicted octanol–water partition coefficient (Wildman–Crippen LogP) is 5.33. The summed E-state index contributed by atoms with van der Waals surface area (Å²) in [6.45, 7) is 4.34. The van der Waals surface area contributed by atoms with E-state index < -0.39 is 5.60 Å². The molecule has 30 heavy (non-hydrogen) atoms. The molecule has 1 aromatic heterocycles. The van der Waals surface area contributed by atoms with Crippen molar-refractivity contribution >= 4 is 38.4 Å². The minimum atomic E-state index is -1.76. The Morgan fingerprint density at radius 1 is 1.03 bits per heavy atom. The normalized spacial score (nSPS) is 18.3. The monoisotopic (exact) mass is 460 g/mol. The Hall–Kier alpha value is -2.89. The number of halogens is 1. The van der Waals surface area contributed by atoms with Gasteiger partial charge in [-0.2, -0.15) is 0 Å². The lowest BCUT2D eigenvalue weighted by Crippen LogP contribution is -2.41. The van der Waals surface area contributed by atoms with Crippen LogP contribution in [0.15, 0.2) is 71.2 Å². The van der Waals surface area contributed by atoms with Crippen molar-refractivity contribution in [3.05, 3.63) is 99.2 Å². The first kappa shape index (κ1) is 19.1. The lowest BCUT2D eigenvalue weighted by atomic mass is 9.85. The molecule has 3 aromatic carbocycles. The van der Waals surface area contributed by atoms with Crippen LogP contribution in [0.3, 0.4) is 0 Å². The molecule has 0 fully saturated rings. The zero-order valence-electron chi connectivity index (χ0n) is 16.7. The Kier molecular flexibility index (Phi) is 4.34. The summed E-state index contributed by atoms with van der Waals surface area (Å²) in [7, 11) is 0. The number of benzene rings is 3. The number of carbonyl (C=O) groups excluding carboxylic acids is 1. The molecule has 0 bridgehead atoms. The Balaban J connectivity index is 1.71. The van der Waals surface area contributed by atoms with E-state index in [4.69, 9.17) is 0 Å². The summed E-state index contributed by atoms with van der Waals surface area (Å²) in [6.07, 6.45) is 0. The van der Waals surface area contributed by atoms with Gasteiger partial charge in [0, 0.05) is 32.2 Å². The molecule has 0 radical (unpaired) electrons. The van der Waals surface area contributed by atoms with E-state index >= 15 is 0 Å². The van der Waals surface area contributed by atoms with Crippen molar-refractivity contribution < 1.29 is 9.90 Å². The van der Waals surface area contributed by atoms with Gasteiger partial charge < -0.3 is 15.0 Å². The summed E-state index contributed by atoms with van der Waals surface area (Å²) < 4.78 is 0.821. The fourth-order valence-corrected chi connectivity index (χ4v) is 4.83. The number of hydrogen-bond acceptors (Lipinski definition) is 2. The third-order valence-corrected chi connectivity index (χ3v) is 6.40. The lowest BCUT2D eigenvalue weighted by molar-refractivity contribution is -0.132. The topological polar surface area (TPSA) is 56.3 Å². The molecule has 1 amide bonds.